The zero-order valence-electron chi connectivity index (χ0n) is 13.3. The van der Waals surface area contributed by atoms with Crippen LogP contribution in [0, 0.1) is 13.8 Å². The normalized spacial score (nSPS) is 13.8. The minimum Gasteiger partial charge on any atom is -0.481 e. The largest absolute Gasteiger partial charge is 0.481 e. The first-order chi connectivity index (χ1) is 9.74. The maximum atomic E-state index is 12.4. The molecule has 1 unspecified atom stereocenters. The van der Waals surface area contributed by atoms with Gasteiger partial charge in [0, 0.05) is 25.0 Å². The fourth-order valence-electron chi connectivity index (χ4n) is 2.64. The Morgan fingerprint density at radius 3 is 2.48 bits per heavy atom. The molecule has 21 heavy (non-hydrogen) atoms. The number of hydrogen-bond acceptors (Lipinski definition) is 3. The molecular formula is C15H24N2O4. The summed E-state index contributed by atoms with van der Waals surface area (Å²) >= 11 is 0. The number of nitrogens with one attached hydrogen (secondary N) is 1. The molecule has 0 aliphatic carbocycles. The average molecular weight is 296 g/mol. The quantitative estimate of drug-likeness (QED) is 0.803. The third kappa shape index (κ3) is 4.07. The van der Waals surface area contributed by atoms with Gasteiger partial charge in [0.2, 0.25) is 0 Å². The number of carboxylic acids is 1. The first-order valence-electron chi connectivity index (χ1n) is 6.94. The van der Waals surface area contributed by atoms with E-state index in [1.807, 2.05) is 31.4 Å². The predicted octanol–water partition coefficient (Wildman–Crippen LogP) is 1.73. The lowest BCUT2D eigenvalue weighted by Crippen LogP contribution is -2.50. The molecule has 0 spiro atoms. The molecule has 2 N–H and O–H groups in total. The topological polar surface area (TPSA) is 80.6 Å². The number of rotatable bonds is 7. The van der Waals surface area contributed by atoms with Crippen LogP contribution in [0.15, 0.2) is 6.07 Å². The highest BCUT2D eigenvalue weighted by molar-refractivity contribution is 5.96. The molecule has 0 aliphatic heterocycles. The second kappa shape index (κ2) is 6.76. The van der Waals surface area contributed by atoms with Crippen molar-refractivity contribution in [3.05, 3.63) is 23.0 Å². The molecule has 6 nitrogen and oxygen atoms in total. The Bertz CT molecular complexity index is 536. The Morgan fingerprint density at radius 2 is 2.05 bits per heavy atom. The number of ether oxygens (including phenoxy) is 1. The van der Waals surface area contributed by atoms with Gasteiger partial charge in [-0.25, -0.2) is 0 Å². The molecule has 0 fully saturated rings. The van der Waals surface area contributed by atoms with Crippen LogP contribution in [-0.2, 0) is 16.1 Å². The lowest BCUT2D eigenvalue weighted by Gasteiger charge is -2.28. The van der Waals surface area contributed by atoms with Gasteiger partial charge in [-0.3, -0.25) is 9.59 Å². The van der Waals surface area contributed by atoms with Gasteiger partial charge in [0.25, 0.3) is 5.91 Å². The number of methoxy groups -OCH3 is 1. The molecule has 1 atom stereocenters. The van der Waals surface area contributed by atoms with Crippen molar-refractivity contribution in [2.24, 2.45) is 0 Å². The van der Waals surface area contributed by atoms with Crippen molar-refractivity contribution in [2.75, 3.05) is 13.7 Å². The number of carbonyl (C=O) groups is 2. The summed E-state index contributed by atoms with van der Waals surface area (Å²) in [5, 5.41) is 11.8. The van der Waals surface area contributed by atoms with Crippen LogP contribution in [0.4, 0.5) is 0 Å². The Kier molecular flexibility index (Phi) is 5.54. The van der Waals surface area contributed by atoms with Crippen LogP contribution in [0.5, 0.6) is 0 Å². The van der Waals surface area contributed by atoms with Gasteiger partial charge in [-0.1, -0.05) is 0 Å². The summed E-state index contributed by atoms with van der Waals surface area (Å²) in [6.45, 7) is 8.44. The van der Waals surface area contributed by atoms with Crippen LogP contribution in [0.3, 0.4) is 0 Å². The summed E-state index contributed by atoms with van der Waals surface area (Å²) in [6.07, 6.45) is -0.195. The molecular weight excluding hydrogens is 272 g/mol. The number of nitrogens with zero attached hydrogens (tertiary/aromatic N) is 1. The zero-order chi connectivity index (χ0) is 16.2. The number of aryl methyl sites for hydroxylation is 1. The van der Waals surface area contributed by atoms with Gasteiger partial charge in [-0.2, -0.15) is 0 Å². The van der Waals surface area contributed by atoms with Gasteiger partial charge < -0.3 is 19.7 Å². The molecule has 0 radical (unpaired) electrons. The second-order valence-electron chi connectivity index (χ2n) is 5.55. The number of aliphatic carboxylic acids is 1. The maximum Gasteiger partial charge on any atom is 0.305 e. The standard InChI is InChI=1S/C15H24N2O4/c1-6-17-10(2)7-12(11(17)3)14(20)16-15(4,9-21-5)8-13(18)19/h7H,6,8-9H2,1-5H3,(H,16,20)(H,18,19). The Morgan fingerprint density at radius 1 is 1.43 bits per heavy atom. The van der Waals surface area contributed by atoms with Gasteiger partial charge in [0.15, 0.2) is 0 Å². The molecule has 1 aromatic rings. The molecule has 0 aromatic carbocycles. The summed E-state index contributed by atoms with van der Waals surface area (Å²) in [7, 11) is 1.48. The maximum absolute atomic E-state index is 12.4. The van der Waals surface area contributed by atoms with E-state index in [9.17, 15) is 9.59 Å². The van der Waals surface area contributed by atoms with E-state index in [1.54, 1.807) is 6.92 Å². The van der Waals surface area contributed by atoms with Crippen LogP contribution in [0.1, 0.15) is 42.0 Å². The highest BCUT2D eigenvalue weighted by Gasteiger charge is 2.31. The molecule has 0 aliphatic rings. The van der Waals surface area contributed by atoms with Crippen LogP contribution in [-0.4, -0.2) is 40.8 Å². The van der Waals surface area contributed by atoms with Crippen molar-refractivity contribution in [1.82, 2.24) is 9.88 Å². The zero-order valence-corrected chi connectivity index (χ0v) is 13.3. The molecule has 0 saturated carbocycles. The van der Waals surface area contributed by atoms with Gasteiger partial charge in [-0.05, 0) is 33.8 Å². The van der Waals surface area contributed by atoms with E-state index in [-0.39, 0.29) is 18.9 Å². The summed E-state index contributed by atoms with van der Waals surface area (Å²) in [4.78, 5) is 23.4. The molecule has 0 saturated heterocycles. The van der Waals surface area contributed by atoms with Crippen LogP contribution >= 0.6 is 0 Å². The molecule has 1 heterocycles. The van der Waals surface area contributed by atoms with Crippen molar-refractivity contribution in [2.45, 2.75) is 46.2 Å². The predicted molar refractivity (Wildman–Crippen MR) is 79.6 cm³/mol. The summed E-state index contributed by atoms with van der Waals surface area (Å²) < 4.78 is 7.08. The summed E-state index contributed by atoms with van der Waals surface area (Å²) in [5.74, 6) is -1.25. The number of aromatic nitrogens is 1. The van der Waals surface area contributed by atoms with E-state index in [2.05, 4.69) is 5.32 Å². The summed E-state index contributed by atoms with van der Waals surface area (Å²) in [5.41, 5.74) is 1.52. The number of carboxylic acid groups (broad SMARTS) is 1. The number of hydrogen-bond donors (Lipinski definition) is 2. The van der Waals surface area contributed by atoms with Crippen LogP contribution in [0.2, 0.25) is 0 Å². The van der Waals surface area contributed by atoms with E-state index in [1.165, 1.54) is 7.11 Å². The Balaban J connectivity index is 3.00. The Hall–Kier alpha value is -1.82. The van der Waals surface area contributed by atoms with Crippen molar-refractivity contribution >= 4 is 11.9 Å². The monoisotopic (exact) mass is 296 g/mol. The molecule has 1 rings (SSSR count). The third-order valence-corrected chi connectivity index (χ3v) is 3.55. The fourth-order valence-corrected chi connectivity index (χ4v) is 2.64. The molecule has 6 heteroatoms. The average Bonchev–Trinajstić information content (AvgIpc) is 2.63. The van der Waals surface area contributed by atoms with Gasteiger partial charge in [0.05, 0.1) is 24.1 Å². The minimum atomic E-state index is -0.978. The molecule has 1 aromatic heterocycles. The van der Waals surface area contributed by atoms with E-state index >= 15 is 0 Å². The van der Waals surface area contributed by atoms with Crippen molar-refractivity contribution in [3.63, 3.8) is 0 Å². The van der Waals surface area contributed by atoms with E-state index < -0.39 is 11.5 Å². The molecule has 0 bridgehead atoms. The SMILES string of the molecule is CCn1c(C)cc(C(=O)NC(C)(COC)CC(=O)O)c1C. The Labute approximate surface area is 125 Å². The van der Waals surface area contributed by atoms with Crippen LogP contribution in [0.25, 0.3) is 0 Å². The van der Waals surface area contributed by atoms with Crippen molar-refractivity contribution < 1.29 is 19.4 Å². The number of amides is 1. The van der Waals surface area contributed by atoms with Crippen molar-refractivity contribution in [1.29, 1.82) is 0 Å². The van der Waals surface area contributed by atoms with Gasteiger partial charge >= 0.3 is 5.97 Å². The van der Waals surface area contributed by atoms with E-state index in [0.29, 0.717) is 5.56 Å². The minimum absolute atomic E-state index is 0.136. The van der Waals surface area contributed by atoms with Gasteiger partial charge in [0.1, 0.15) is 0 Å². The molecule has 118 valence electrons. The first-order valence-corrected chi connectivity index (χ1v) is 6.94. The first kappa shape index (κ1) is 17.2. The van der Waals surface area contributed by atoms with E-state index in [0.717, 1.165) is 17.9 Å². The van der Waals surface area contributed by atoms with E-state index in [4.69, 9.17) is 9.84 Å². The number of carbonyl (C=O) groups excluding carboxylic acids is 1. The van der Waals surface area contributed by atoms with Crippen molar-refractivity contribution in [3.8, 4) is 0 Å². The van der Waals surface area contributed by atoms with Gasteiger partial charge in [-0.15, -0.1) is 0 Å². The third-order valence-electron chi connectivity index (χ3n) is 3.55. The second-order valence-corrected chi connectivity index (χ2v) is 5.55. The lowest BCUT2D eigenvalue weighted by molar-refractivity contribution is -0.139. The lowest BCUT2D eigenvalue weighted by atomic mass is 9.98. The highest BCUT2D eigenvalue weighted by atomic mass is 16.5. The summed E-state index contributed by atoms with van der Waals surface area (Å²) in [6, 6.07) is 1.82. The molecule has 1 amide bonds. The smallest absolute Gasteiger partial charge is 0.305 e. The fraction of sp³-hybridized carbons (Fsp3) is 0.600. The van der Waals surface area contributed by atoms with Crippen LogP contribution < -0.4 is 5.32 Å². The highest BCUT2D eigenvalue weighted by Crippen LogP contribution is 2.17.